The second-order valence-corrected chi connectivity index (χ2v) is 5.83. The van der Waals surface area contributed by atoms with Crippen molar-refractivity contribution in [3.63, 3.8) is 0 Å². The molecule has 1 aliphatic rings. The molecule has 0 aliphatic heterocycles. The van der Waals surface area contributed by atoms with Crippen molar-refractivity contribution < 1.29 is 4.74 Å². The van der Waals surface area contributed by atoms with Gasteiger partial charge in [0, 0.05) is 7.11 Å². The Labute approximate surface area is 106 Å². The summed E-state index contributed by atoms with van der Waals surface area (Å²) in [5, 5.41) is 0. The molecule has 0 spiro atoms. The molecule has 1 rings (SSSR count). The van der Waals surface area contributed by atoms with Crippen molar-refractivity contribution in [1.82, 2.24) is 5.43 Å². The molecule has 0 saturated heterocycles. The molecule has 3 nitrogen and oxygen atoms in total. The Morgan fingerprint density at radius 1 is 1.24 bits per heavy atom. The number of nitrogens with one attached hydrogen (secondary N) is 1. The van der Waals surface area contributed by atoms with Gasteiger partial charge in [-0.25, -0.2) is 0 Å². The molecule has 0 aromatic rings. The van der Waals surface area contributed by atoms with Crippen molar-refractivity contribution in [1.29, 1.82) is 0 Å². The third-order valence-corrected chi connectivity index (χ3v) is 4.45. The summed E-state index contributed by atoms with van der Waals surface area (Å²) in [5.41, 5.74) is 3.01. The molecule has 3 heteroatoms. The topological polar surface area (TPSA) is 47.3 Å². The van der Waals surface area contributed by atoms with Crippen LogP contribution in [0, 0.1) is 17.8 Å². The first-order valence-corrected chi connectivity index (χ1v) is 7.12. The van der Waals surface area contributed by atoms with E-state index in [-0.39, 0.29) is 6.10 Å². The second kappa shape index (κ2) is 7.34. The van der Waals surface area contributed by atoms with Crippen molar-refractivity contribution >= 4 is 0 Å². The van der Waals surface area contributed by atoms with Crippen LogP contribution in [0.2, 0.25) is 0 Å². The SMILES string of the molecule is CCC1CCC(C(NN)C(OC)C(C)C)CC1. The Hall–Kier alpha value is -0.120. The van der Waals surface area contributed by atoms with E-state index in [4.69, 9.17) is 10.6 Å². The van der Waals surface area contributed by atoms with Gasteiger partial charge in [0.2, 0.25) is 0 Å². The molecule has 0 radical (unpaired) electrons. The Balaban J connectivity index is 2.56. The third-order valence-electron chi connectivity index (χ3n) is 4.45. The van der Waals surface area contributed by atoms with Crippen molar-refractivity contribution in [3.05, 3.63) is 0 Å². The minimum Gasteiger partial charge on any atom is -0.380 e. The average Bonchev–Trinajstić information content (AvgIpc) is 2.35. The zero-order valence-electron chi connectivity index (χ0n) is 11.9. The molecular weight excluding hydrogens is 212 g/mol. The lowest BCUT2D eigenvalue weighted by Gasteiger charge is -2.38. The Kier molecular flexibility index (Phi) is 6.45. The molecule has 0 bridgehead atoms. The number of hydrazine groups is 1. The molecule has 0 amide bonds. The van der Waals surface area contributed by atoms with Crippen LogP contribution in [0.4, 0.5) is 0 Å². The monoisotopic (exact) mass is 242 g/mol. The summed E-state index contributed by atoms with van der Waals surface area (Å²) in [6.45, 7) is 6.71. The molecule has 0 aromatic heterocycles. The van der Waals surface area contributed by atoms with Crippen molar-refractivity contribution in [2.24, 2.45) is 23.6 Å². The molecule has 1 fully saturated rings. The maximum Gasteiger partial charge on any atom is 0.0763 e. The van der Waals surface area contributed by atoms with Crippen LogP contribution in [-0.2, 0) is 4.74 Å². The van der Waals surface area contributed by atoms with Gasteiger partial charge in [0.25, 0.3) is 0 Å². The van der Waals surface area contributed by atoms with Crippen molar-refractivity contribution in [2.75, 3.05) is 7.11 Å². The van der Waals surface area contributed by atoms with Gasteiger partial charge < -0.3 is 4.74 Å². The standard InChI is InChI=1S/C14H30N2O/c1-5-11-6-8-12(9-7-11)13(16-15)14(17-4)10(2)3/h10-14,16H,5-9,15H2,1-4H3. The van der Waals surface area contributed by atoms with Crippen LogP contribution in [0.5, 0.6) is 0 Å². The van der Waals surface area contributed by atoms with Gasteiger partial charge in [-0.15, -0.1) is 0 Å². The molecule has 1 saturated carbocycles. The van der Waals surface area contributed by atoms with Gasteiger partial charge in [-0.2, -0.15) is 0 Å². The summed E-state index contributed by atoms with van der Waals surface area (Å²) in [6.07, 6.45) is 6.84. The van der Waals surface area contributed by atoms with E-state index in [0.717, 1.165) is 5.92 Å². The average molecular weight is 242 g/mol. The largest absolute Gasteiger partial charge is 0.380 e. The van der Waals surface area contributed by atoms with Gasteiger partial charge in [-0.3, -0.25) is 11.3 Å². The second-order valence-electron chi connectivity index (χ2n) is 5.83. The maximum atomic E-state index is 5.76. The van der Waals surface area contributed by atoms with Crippen LogP contribution in [0.1, 0.15) is 52.9 Å². The number of methoxy groups -OCH3 is 1. The fourth-order valence-electron chi connectivity index (χ4n) is 3.29. The Morgan fingerprint density at radius 2 is 1.82 bits per heavy atom. The van der Waals surface area contributed by atoms with Crippen LogP contribution >= 0.6 is 0 Å². The fraction of sp³-hybridized carbons (Fsp3) is 1.00. The molecule has 3 N–H and O–H groups in total. The number of hydrogen-bond donors (Lipinski definition) is 2. The molecule has 17 heavy (non-hydrogen) atoms. The highest BCUT2D eigenvalue weighted by Gasteiger charge is 2.33. The first-order chi connectivity index (χ1) is 8.13. The molecule has 2 atom stereocenters. The first-order valence-electron chi connectivity index (χ1n) is 7.12. The van der Waals surface area contributed by atoms with Crippen LogP contribution in [0.3, 0.4) is 0 Å². The minimum atomic E-state index is 0.225. The Morgan fingerprint density at radius 3 is 2.18 bits per heavy atom. The van der Waals surface area contributed by atoms with E-state index < -0.39 is 0 Å². The maximum absolute atomic E-state index is 5.76. The Bertz CT molecular complexity index is 200. The highest BCUT2D eigenvalue weighted by molar-refractivity contribution is 4.87. The smallest absolute Gasteiger partial charge is 0.0763 e. The molecule has 0 aromatic carbocycles. The molecule has 2 unspecified atom stereocenters. The first kappa shape index (κ1) is 14.9. The van der Waals surface area contributed by atoms with Gasteiger partial charge in [0.1, 0.15) is 0 Å². The van der Waals surface area contributed by atoms with E-state index in [9.17, 15) is 0 Å². The zero-order valence-corrected chi connectivity index (χ0v) is 11.9. The quantitative estimate of drug-likeness (QED) is 0.556. The number of hydrogen-bond acceptors (Lipinski definition) is 3. The summed E-state index contributed by atoms with van der Waals surface area (Å²) in [7, 11) is 1.80. The van der Waals surface area contributed by atoms with E-state index in [1.165, 1.54) is 32.1 Å². The minimum absolute atomic E-state index is 0.225. The number of rotatable bonds is 6. The van der Waals surface area contributed by atoms with E-state index in [0.29, 0.717) is 17.9 Å². The van der Waals surface area contributed by atoms with Gasteiger partial charge in [-0.1, -0.05) is 40.0 Å². The summed E-state index contributed by atoms with van der Waals surface area (Å²) in [5.74, 6) is 7.87. The molecule has 1 aliphatic carbocycles. The van der Waals surface area contributed by atoms with E-state index in [2.05, 4.69) is 26.2 Å². The summed E-state index contributed by atoms with van der Waals surface area (Å²) in [4.78, 5) is 0. The van der Waals surface area contributed by atoms with Gasteiger partial charge in [0.05, 0.1) is 12.1 Å². The van der Waals surface area contributed by atoms with E-state index in [1.807, 2.05) is 0 Å². The summed E-state index contributed by atoms with van der Waals surface area (Å²) in [6, 6.07) is 0.304. The predicted octanol–water partition coefficient (Wildman–Crippen LogP) is 2.71. The van der Waals surface area contributed by atoms with E-state index >= 15 is 0 Å². The van der Waals surface area contributed by atoms with Crippen LogP contribution in [0.15, 0.2) is 0 Å². The van der Waals surface area contributed by atoms with E-state index in [1.54, 1.807) is 7.11 Å². The lowest BCUT2D eigenvalue weighted by molar-refractivity contribution is 0.00552. The highest BCUT2D eigenvalue weighted by Crippen LogP contribution is 2.34. The predicted molar refractivity (Wildman–Crippen MR) is 72.5 cm³/mol. The number of ether oxygens (including phenoxy) is 1. The zero-order chi connectivity index (χ0) is 12.8. The van der Waals surface area contributed by atoms with Crippen LogP contribution < -0.4 is 11.3 Å². The lowest BCUT2D eigenvalue weighted by Crippen LogP contribution is -2.52. The molecular formula is C14H30N2O. The van der Waals surface area contributed by atoms with Gasteiger partial charge in [0.15, 0.2) is 0 Å². The van der Waals surface area contributed by atoms with Gasteiger partial charge >= 0.3 is 0 Å². The van der Waals surface area contributed by atoms with Crippen molar-refractivity contribution in [3.8, 4) is 0 Å². The third kappa shape index (κ3) is 3.94. The summed E-state index contributed by atoms with van der Waals surface area (Å²) < 4.78 is 5.63. The molecule has 0 heterocycles. The summed E-state index contributed by atoms with van der Waals surface area (Å²) >= 11 is 0. The van der Waals surface area contributed by atoms with Crippen LogP contribution in [0.25, 0.3) is 0 Å². The van der Waals surface area contributed by atoms with Crippen molar-refractivity contribution in [2.45, 2.75) is 65.0 Å². The van der Waals surface area contributed by atoms with Crippen LogP contribution in [-0.4, -0.2) is 19.3 Å². The highest BCUT2D eigenvalue weighted by atomic mass is 16.5. The fourth-order valence-corrected chi connectivity index (χ4v) is 3.29. The number of nitrogens with two attached hydrogens (primary N) is 1. The lowest BCUT2D eigenvalue weighted by atomic mass is 9.75. The normalized spacial score (nSPS) is 29.3. The van der Waals surface area contributed by atoms with Gasteiger partial charge in [-0.05, 0) is 30.6 Å². The molecule has 102 valence electrons.